The van der Waals surface area contributed by atoms with Gasteiger partial charge in [0.25, 0.3) is 0 Å². The van der Waals surface area contributed by atoms with E-state index in [1.165, 1.54) is 5.52 Å². The van der Waals surface area contributed by atoms with Crippen LogP contribution in [0.3, 0.4) is 0 Å². The fraction of sp³-hybridized carbons (Fsp3) is 0.562. The summed E-state index contributed by atoms with van der Waals surface area (Å²) in [7, 11) is 0. The van der Waals surface area contributed by atoms with E-state index in [1.54, 1.807) is 0 Å². The van der Waals surface area contributed by atoms with Gasteiger partial charge in [0.2, 0.25) is 0 Å². The number of fused-ring (bicyclic) bond motifs is 1. The third-order valence-electron chi connectivity index (χ3n) is 3.12. The Hall–Kier alpha value is -1.35. The Balaban J connectivity index is 2.19. The lowest BCUT2D eigenvalue weighted by atomic mass is 9.97. The van der Waals surface area contributed by atoms with Gasteiger partial charge in [0, 0.05) is 13.1 Å². The molecule has 0 atom stereocenters. The van der Waals surface area contributed by atoms with Gasteiger partial charge in [-0.05, 0) is 24.0 Å². The minimum atomic E-state index is 0.307. The summed E-state index contributed by atoms with van der Waals surface area (Å²) < 4.78 is 2.34. The maximum Gasteiger partial charge on any atom is 0.123 e. The van der Waals surface area contributed by atoms with E-state index in [0.717, 1.165) is 37.4 Å². The molecule has 0 unspecified atom stereocenters. The Bertz CT molecular complexity index is 534. The third-order valence-corrected chi connectivity index (χ3v) is 3.12. The first kappa shape index (κ1) is 14.1. The van der Waals surface area contributed by atoms with Crippen LogP contribution in [0, 0.1) is 5.41 Å². The summed E-state index contributed by atoms with van der Waals surface area (Å²) in [6.07, 6.45) is 1.13. The number of hydrogen-bond donors (Lipinski definition) is 1. The van der Waals surface area contributed by atoms with Crippen LogP contribution >= 0.6 is 0 Å². The summed E-state index contributed by atoms with van der Waals surface area (Å²) in [4.78, 5) is 4.75. The zero-order valence-electron chi connectivity index (χ0n) is 12.5. The average molecular weight is 259 g/mol. The highest BCUT2D eigenvalue weighted by Crippen LogP contribution is 2.17. The van der Waals surface area contributed by atoms with Crippen LogP contribution in [-0.2, 0) is 13.1 Å². The van der Waals surface area contributed by atoms with Gasteiger partial charge in [-0.25, -0.2) is 4.98 Å². The summed E-state index contributed by atoms with van der Waals surface area (Å²) in [6.45, 7) is 11.8. The van der Waals surface area contributed by atoms with Crippen molar-refractivity contribution in [3.8, 4) is 0 Å². The molecule has 0 aliphatic carbocycles. The van der Waals surface area contributed by atoms with E-state index in [9.17, 15) is 0 Å². The summed E-state index contributed by atoms with van der Waals surface area (Å²) in [5.74, 6) is 1.15. The van der Waals surface area contributed by atoms with Crippen LogP contribution in [0.4, 0.5) is 0 Å². The van der Waals surface area contributed by atoms with Crippen molar-refractivity contribution in [2.45, 2.75) is 47.2 Å². The van der Waals surface area contributed by atoms with E-state index in [4.69, 9.17) is 4.98 Å². The molecule has 0 aliphatic heterocycles. The van der Waals surface area contributed by atoms with E-state index in [0.29, 0.717) is 5.41 Å². The Labute approximate surface area is 116 Å². The number of nitrogens with zero attached hydrogens (tertiary/aromatic N) is 2. The number of nitrogens with one attached hydrogen (secondary N) is 1. The van der Waals surface area contributed by atoms with Gasteiger partial charge in [0.15, 0.2) is 0 Å². The normalized spacial score (nSPS) is 12.2. The van der Waals surface area contributed by atoms with Crippen molar-refractivity contribution >= 4 is 11.0 Å². The lowest BCUT2D eigenvalue weighted by molar-refractivity contribution is 0.375. The van der Waals surface area contributed by atoms with E-state index in [1.807, 2.05) is 0 Å². The number of benzene rings is 1. The minimum absolute atomic E-state index is 0.307. The average Bonchev–Trinajstić information content (AvgIpc) is 2.67. The predicted molar refractivity (Wildman–Crippen MR) is 81.2 cm³/mol. The lowest BCUT2D eigenvalue weighted by Gasteiger charge is -2.18. The second-order valence-corrected chi connectivity index (χ2v) is 6.33. The van der Waals surface area contributed by atoms with Crippen molar-refractivity contribution in [2.75, 3.05) is 6.54 Å². The molecule has 19 heavy (non-hydrogen) atoms. The molecule has 2 rings (SSSR count). The fourth-order valence-corrected chi connectivity index (χ4v) is 2.28. The predicted octanol–water partition coefficient (Wildman–Crippen LogP) is 3.58. The largest absolute Gasteiger partial charge is 0.327 e. The highest BCUT2D eigenvalue weighted by atomic mass is 15.1. The van der Waals surface area contributed by atoms with Gasteiger partial charge in [0.1, 0.15) is 5.82 Å². The summed E-state index contributed by atoms with van der Waals surface area (Å²) in [6, 6.07) is 8.39. The van der Waals surface area contributed by atoms with Gasteiger partial charge in [-0.1, -0.05) is 39.8 Å². The summed E-state index contributed by atoms with van der Waals surface area (Å²) in [5, 5.41) is 3.52. The first-order valence-electron chi connectivity index (χ1n) is 7.16. The molecule has 3 heteroatoms. The first-order chi connectivity index (χ1) is 9.01. The van der Waals surface area contributed by atoms with Crippen LogP contribution in [0.1, 0.15) is 39.9 Å². The highest BCUT2D eigenvalue weighted by molar-refractivity contribution is 5.75. The van der Waals surface area contributed by atoms with E-state index >= 15 is 0 Å². The van der Waals surface area contributed by atoms with Crippen LogP contribution in [0.5, 0.6) is 0 Å². The molecule has 0 saturated carbocycles. The number of aromatic nitrogens is 2. The molecular formula is C16H25N3. The zero-order valence-corrected chi connectivity index (χ0v) is 12.5. The molecular weight excluding hydrogens is 234 g/mol. The van der Waals surface area contributed by atoms with Crippen molar-refractivity contribution in [3.63, 3.8) is 0 Å². The molecule has 104 valence electrons. The van der Waals surface area contributed by atoms with Crippen LogP contribution in [0.15, 0.2) is 24.3 Å². The van der Waals surface area contributed by atoms with Crippen molar-refractivity contribution in [1.82, 2.24) is 14.9 Å². The van der Waals surface area contributed by atoms with Crippen molar-refractivity contribution < 1.29 is 0 Å². The van der Waals surface area contributed by atoms with Gasteiger partial charge in [-0.15, -0.1) is 0 Å². The Morgan fingerprint density at radius 3 is 2.63 bits per heavy atom. The van der Waals surface area contributed by atoms with Gasteiger partial charge in [-0.3, -0.25) is 0 Å². The zero-order chi connectivity index (χ0) is 13.9. The SMILES string of the molecule is CCCn1c(CNCC(C)(C)C)nc2ccccc21. The Kier molecular flexibility index (Phi) is 4.25. The topological polar surface area (TPSA) is 29.9 Å². The highest BCUT2D eigenvalue weighted by Gasteiger charge is 2.12. The fourth-order valence-electron chi connectivity index (χ4n) is 2.28. The smallest absolute Gasteiger partial charge is 0.123 e. The molecule has 1 aromatic carbocycles. The summed E-state index contributed by atoms with van der Waals surface area (Å²) >= 11 is 0. The van der Waals surface area contributed by atoms with Crippen LogP contribution in [0.2, 0.25) is 0 Å². The van der Waals surface area contributed by atoms with Crippen LogP contribution in [0.25, 0.3) is 11.0 Å². The van der Waals surface area contributed by atoms with Crippen molar-refractivity contribution in [1.29, 1.82) is 0 Å². The third kappa shape index (κ3) is 3.57. The van der Waals surface area contributed by atoms with Gasteiger partial charge >= 0.3 is 0 Å². The molecule has 0 bridgehead atoms. The molecule has 2 aromatic rings. The van der Waals surface area contributed by atoms with Crippen molar-refractivity contribution in [3.05, 3.63) is 30.1 Å². The minimum Gasteiger partial charge on any atom is -0.327 e. The molecule has 1 aromatic heterocycles. The number of aryl methyl sites for hydroxylation is 1. The van der Waals surface area contributed by atoms with Gasteiger partial charge in [0.05, 0.1) is 17.6 Å². The molecule has 0 fully saturated rings. The molecule has 3 nitrogen and oxygen atoms in total. The standard InChI is InChI=1S/C16H25N3/c1-5-10-19-14-9-7-6-8-13(14)18-15(19)11-17-12-16(2,3)4/h6-9,17H,5,10-12H2,1-4H3. The number of hydrogen-bond acceptors (Lipinski definition) is 2. The van der Waals surface area contributed by atoms with Gasteiger partial charge in [-0.2, -0.15) is 0 Å². The molecule has 0 radical (unpaired) electrons. The second-order valence-electron chi connectivity index (χ2n) is 6.33. The number of rotatable bonds is 5. The van der Waals surface area contributed by atoms with E-state index < -0.39 is 0 Å². The van der Waals surface area contributed by atoms with E-state index in [-0.39, 0.29) is 0 Å². The quantitative estimate of drug-likeness (QED) is 0.889. The van der Waals surface area contributed by atoms with Crippen LogP contribution in [-0.4, -0.2) is 16.1 Å². The monoisotopic (exact) mass is 259 g/mol. The molecule has 1 heterocycles. The Morgan fingerprint density at radius 2 is 1.95 bits per heavy atom. The Morgan fingerprint density at radius 1 is 1.21 bits per heavy atom. The second kappa shape index (κ2) is 5.74. The molecule has 1 N–H and O–H groups in total. The molecule has 0 spiro atoms. The van der Waals surface area contributed by atoms with Crippen molar-refractivity contribution in [2.24, 2.45) is 5.41 Å². The number of imidazole rings is 1. The maximum absolute atomic E-state index is 4.75. The van der Waals surface area contributed by atoms with Gasteiger partial charge < -0.3 is 9.88 Å². The van der Waals surface area contributed by atoms with E-state index in [2.05, 4.69) is 61.8 Å². The van der Waals surface area contributed by atoms with Crippen LogP contribution < -0.4 is 5.32 Å². The lowest BCUT2D eigenvalue weighted by Crippen LogP contribution is -2.27. The number of para-hydroxylation sites is 2. The maximum atomic E-state index is 4.75. The summed E-state index contributed by atoms with van der Waals surface area (Å²) in [5.41, 5.74) is 2.65. The molecule has 0 aliphatic rings. The molecule has 0 saturated heterocycles. The first-order valence-corrected chi connectivity index (χ1v) is 7.16. The molecule has 0 amide bonds.